The summed E-state index contributed by atoms with van der Waals surface area (Å²) < 4.78 is 4.75. The number of aromatic hydroxyl groups is 2. The van der Waals surface area contributed by atoms with E-state index in [0.717, 1.165) is 6.07 Å². The number of aliphatic hydroxyl groups excluding tert-OH is 1. The Bertz CT molecular complexity index is 570. The molecule has 0 saturated heterocycles. The van der Waals surface area contributed by atoms with Crippen LogP contribution in [-0.2, 0) is 0 Å². The number of benzene rings is 1. The Hall–Kier alpha value is -2.50. The largest absolute Gasteiger partial charge is 0.507 e. The third kappa shape index (κ3) is 1.42. The standard InChI is InChI=1S/C11H8O6/c1-17-7-3-5(13)8-9(11(7)16)4(12)2-6(14)10(8)15/h2-3,13-14,16H,1H3. The van der Waals surface area contributed by atoms with Crippen LogP contribution in [0.5, 0.6) is 17.2 Å². The molecule has 0 spiro atoms. The fourth-order valence-corrected chi connectivity index (χ4v) is 1.65. The summed E-state index contributed by atoms with van der Waals surface area (Å²) >= 11 is 0. The van der Waals surface area contributed by atoms with Gasteiger partial charge in [-0.05, 0) is 0 Å². The number of allylic oxidation sites excluding steroid dienone is 2. The highest BCUT2D eigenvalue weighted by atomic mass is 16.5. The van der Waals surface area contributed by atoms with Crippen molar-refractivity contribution in [1.82, 2.24) is 0 Å². The molecular weight excluding hydrogens is 228 g/mol. The highest BCUT2D eigenvalue weighted by molar-refractivity contribution is 6.26. The highest BCUT2D eigenvalue weighted by Crippen LogP contribution is 2.41. The van der Waals surface area contributed by atoms with Crippen molar-refractivity contribution in [2.24, 2.45) is 0 Å². The van der Waals surface area contributed by atoms with Gasteiger partial charge in [-0.1, -0.05) is 0 Å². The molecule has 1 aromatic carbocycles. The smallest absolute Gasteiger partial charge is 0.232 e. The van der Waals surface area contributed by atoms with Gasteiger partial charge in [0, 0.05) is 12.1 Å². The Morgan fingerprint density at radius 2 is 1.76 bits per heavy atom. The number of Topliss-reactive ketones (excluding diaryl/α,β-unsaturated/α-hetero) is 1. The number of methoxy groups -OCH3 is 1. The molecule has 0 saturated carbocycles. The lowest BCUT2D eigenvalue weighted by molar-refractivity contribution is 0.0934. The Morgan fingerprint density at radius 1 is 1.12 bits per heavy atom. The minimum atomic E-state index is -0.921. The summed E-state index contributed by atoms with van der Waals surface area (Å²) in [6.07, 6.45) is 0.684. The van der Waals surface area contributed by atoms with Gasteiger partial charge in [-0.2, -0.15) is 0 Å². The number of fused-ring (bicyclic) bond motifs is 1. The summed E-state index contributed by atoms with van der Waals surface area (Å²) in [4.78, 5) is 23.1. The molecule has 0 aromatic heterocycles. The maximum Gasteiger partial charge on any atom is 0.232 e. The Labute approximate surface area is 95.4 Å². The van der Waals surface area contributed by atoms with Crippen molar-refractivity contribution in [3.8, 4) is 17.2 Å². The van der Waals surface area contributed by atoms with E-state index in [0.29, 0.717) is 6.08 Å². The van der Waals surface area contributed by atoms with Crippen molar-refractivity contribution in [3.63, 3.8) is 0 Å². The van der Waals surface area contributed by atoms with Gasteiger partial charge in [-0.3, -0.25) is 9.59 Å². The molecule has 3 N–H and O–H groups in total. The summed E-state index contributed by atoms with van der Waals surface area (Å²) in [5.41, 5.74) is -0.794. The predicted octanol–water partition coefficient (Wildman–Crippen LogP) is 0.927. The van der Waals surface area contributed by atoms with Crippen LogP contribution in [0.4, 0.5) is 0 Å². The van der Waals surface area contributed by atoms with Crippen molar-refractivity contribution in [1.29, 1.82) is 0 Å². The zero-order chi connectivity index (χ0) is 12.7. The first-order valence-electron chi connectivity index (χ1n) is 4.60. The van der Waals surface area contributed by atoms with E-state index < -0.39 is 34.4 Å². The van der Waals surface area contributed by atoms with E-state index in [1.165, 1.54) is 7.11 Å². The Kier molecular flexibility index (Phi) is 2.27. The molecule has 0 amide bonds. The van der Waals surface area contributed by atoms with Crippen LogP contribution in [0.25, 0.3) is 0 Å². The molecule has 88 valence electrons. The molecule has 6 heteroatoms. The van der Waals surface area contributed by atoms with Crippen LogP contribution in [0.2, 0.25) is 0 Å². The molecule has 1 aromatic rings. The van der Waals surface area contributed by atoms with Gasteiger partial charge >= 0.3 is 0 Å². The summed E-state index contributed by atoms with van der Waals surface area (Å²) in [5.74, 6) is -3.67. The van der Waals surface area contributed by atoms with Crippen LogP contribution < -0.4 is 4.74 Å². The number of carbonyl (C=O) groups is 2. The van der Waals surface area contributed by atoms with E-state index in [9.17, 15) is 24.9 Å². The molecule has 0 atom stereocenters. The highest BCUT2D eigenvalue weighted by Gasteiger charge is 2.32. The molecule has 0 aliphatic heterocycles. The van der Waals surface area contributed by atoms with E-state index >= 15 is 0 Å². The molecular formula is C11H8O6. The van der Waals surface area contributed by atoms with Gasteiger partial charge in [0.15, 0.2) is 23.0 Å². The molecule has 0 radical (unpaired) electrons. The average Bonchev–Trinajstić information content (AvgIpc) is 2.28. The lowest BCUT2D eigenvalue weighted by Crippen LogP contribution is -2.17. The minimum Gasteiger partial charge on any atom is -0.507 e. The quantitative estimate of drug-likeness (QED) is 0.626. The summed E-state index contributed by atoms with van der Waals surface area (Å²) in [6.45, 7) is 0. The normalized spacial score (nSPS) is 14.3. The van der Waals surface area contributed by atoms with Crippen LogP contribution in [0.3, 0.4) is 0 Å². The molecule has 1 aliphatic rings. The lowest BCUT2D eigenvalue weighted by Gasteiger charge is -2.16. The zero-order valence-corrected chi connectivity index (χ0v) is 8.72. The first kappa shape index (κ1) is 11.0. The van der Waals surface area contributed by atoms with Crippen molar-refractivity contribution in [3.05, 3.63) is 29.0 Å². The predicted molar refractivity (Wildman–Crippen MR) is 55.7 cm³/mol. The lowest BCUT2D eigenvalue weighted by atomic mass is 9.91. The zero-order valence-electron chi connectivity index (χ0n) is 8.72. The summed E-state index contributed by atoms with van der Waals surface area (Å²) in [6, 6.07) is 0.998. The number of carbonyl (C=O) groups excluding carboxylic acids is 2. The van der Waals surface area contributed by atoms with E-state index in [4.69, 9.17) is 4.74 Å². The van der Waals surface area contributed by atoms with Crippen LogP contribution in [0.15, 0.2) is 17.9 Å². The van der Waals surface area contributed by atoms with Crippen LogP contribution in [0.1, 0.15) is 20.7 Å². The average molecular weight is 236 g/mol. The van der Waals surface area contributed by atoms with Gasteiger partial charge in [0.2, 0.25) is 5.78 Å². The first-order valence-corrected chi connectivity index (χ1v) is 4.60. The topological polar surface area (TPSA) is 104 Å². The number of aliphatic hydroxyl groups is 1. The SMILES string of the molecule is COc1cc(O)c2c(c1O)C(=O)C=C(O)C2=O. The monoisotopic (exact) mass is 236 g/mol. The summed E-state index contributed by atoms with van der Waals surface area (Å²) in [7, 11) is 1.24. The number of ether oxygens (including phenoxy) is 1. The number of phenols is 2. The molecule has 0 fully saturated rings. The third-order valence-corrected chi connectivity index (χ3v) is 2.44. The Morgan fingerprint density at radius 3 is 2.35 bits per heavy atom. The van der Waals surface area contributed by atoms with E-state index in [-0.39, 0.29) is 11.3 Å². The molecule has 0 heterocycles. The molecule has 2 rings (SSSR count). The van der Waals surface area contributed by atoms with Crippen molar-refractivity contribution < 1.29 is 29.6 Å². The van der Waals surface area contributed by atoms with E-state index in [1.807, 2.05) is 0 Å². The summed E-state index contributed by atoms with van der Waals surface area (Å²) in [5, 5.41) is 28.5. The third-order valence-electron chi connectivity index (χ3n) is 2.44. The maximum atomic E-state index is 11.6. The Balaban J connectivity index is 2.83. The molecule has 6 nitrogen and oxygen atoms in total. The number of phenolic OH excluding ortho intramolecular Hbond substituents is 2. The number of hydrogen-bond acceptors (Lipinski definition) is 6. The van der Waals surface area contributed by atoms with E-state index in [1.54, 1.807) is 0 Å². The second-order valence-corrected chi connectivity index (χ2v) is 3.42. The molecule has 1 aliphatic carbocycles. The van der Waals surface area contributed by atoms with Crippen LogP contribution in [0, 0.1) is 0 Å². The number of hydrogen-bond donors (Lipinski definition) is 3. The van der Waals surface area contributed by atoms with Crippen LogP contribution >= 0.6 is 0 Å². The van der Waals surface area contributed by atoms with Gasteiger partial charge in [-0.25, -0.2) is 0 Å². The minimum absolute atomic E-state index is 0.128. The second-order valence-electron chi connectivity index (χ2n) is 3.42. The van der Waals surface area contributed by atoms with E-state index in [2.05, 4.69) is 0 Å². The van der Waals surface area contributed by atoms with Crippen molar-refractivity contribution >= 4 is 11.6 Å². The molecule has 0 bridgehead atoms. The molecule has 17 heavy (non-hydrogen) atoms. The van der Waals surface area contributed by atoms with Crippen molar-refractivity contribution in [2.45, 2.75) is 0 Å². The van der Waals surface area contributed by atoms with Gasteiger partial charge in [0.1, 0.15) is 5.75 Å². The fraction of sp³-hybridized carbons (Fsp3) is 0.0909. The first-order chi connectivity index (χ1) is 7.97. The van der Waals surface area contributed by atoms with Crippen LogP contribution in [-0.4, -0.2) is 34.0 Å². The van der Waals surface area contributed by atoms with Gasteiger partial charge in [-0.15, -0.1) is 0 Å². The fourth-order valence-electron chi connectivity index (χ4n) is 1.65. The second kappa shape index (κ2) is 3.51. The van der Waals surface area contributed by atoms with Gasteiger partial charge in [0.05, 0.1) is 18.2 Å². The van der Waals surface area contributed by atoms with Crippen molar-refractivity contribution in [2.75, 3.05) is 7.11 Å². The molecule has 0 unspecified atom stereocenters. The van der Waals surface area contributed by atoms with Gasteiger partial charge in [0.25, 0.3) is 0 Å². The number of rotatable bonds is 1. The number of ketones is 2. The van der Waals surface area contributed by atoms with Gasteiger partial charge < -0.3 is 20.1 Å². The maximum absolute atomic E-state index is 11.6.